The van der Waals surface area contributed by atoms with Crippen LogP contribution in [0.5, 0.6) is 0 Å². The summed E-state index contributed by atoms with van der Waals surface area (Å²) < 4.78 is 0. The number of anilines is 1. The van der Waals surface area contributed by atoms with E-state index < -0.39 is 5.38 Å². The summed E-state index contributed by atoms with van der Waals surface area (Å²) >= 11 is 12.8. The molecule has 1 aliphatic heterocycles. The number of Topliss-reactive ketones (excluding diaryl/α,β-unsaturated/α-hetero) is 1. The standard InChI is InChI=1S/C30H38Cl2N2O2/c1-29-15-13-23-21(17-33-27-26(32)25(35)14-16-30(23,27)2)22(29)11-12-24(29)28(36)34(19-5-3-4-6-19)20-9-7-18(31)8-10-20/h7-10,19,21-24,26H,3-6,11-17H2,1-2H3/t21?,22?,23?,24-,26?,29+,30-/m1/s1. The van der Waals surface area contributed by atoms with Gasteiger partial charge >= 0.3 is 0 Å². The van der Waals surface area contributed by atoms with Crippen molar-refractivity contribution >= 4 is 46.3 Å². The highest BCUT2D eigenvalue weighted by molar-refractivity contribution is 6.44. The van der Waals surface area contributed by atoms with Gasteiger partial charge in [0.2, 0.25) is 5.91 Å². The number of hydrogen-bond donors (Lipinski definition) is 0. The minimum atomic E-state index is -0.546. The van der Waals surface area contributed by atoms with Crippen LogP contribution >= 0.6 is 23.2 Å². The molecular weight excluding hydrogens is 491 g/mol. The number of aliphatic imine (C=N–C) groups is 1. The van der Waals surface area contributed by atoms with Crippen LogP contribution in [0.1, 0.15) is 78.1 Å². The van der Waals surface area contributed by atoms with Crippen LogP contribution in [0.4, 0.5) is 5.69 Å². The monoisotopic (exact) mass is 528 g/mol. The molecule has 6 rings (SSSR count). The number of benzene rings is 1. The SMILES string of the molecule is C[C@]12CCC(=O)C(Cl)C1=NCC1C2CC[C@@]2(C)C1CC[C@@H]2C(=O)N(c1ccc(Cl)cc1)C1CCCC1. The van der Waals surface area contributed by atoms with E-state index in [1.54, 1.807) is 0 Å². The van der Waals surface area contributed by atoms with Gasteiger partial charge in [0.15, 0.2) is 5.78 Å². The third kappa shape index (κ3) is 3.72. The molecule has 4 fully saturated rings. The number of hydrogen-bond acceptors (Lipinski definition) is 3. The smallest absolute Gasteiger partial charge is 0.230 e. The Morgan fingerprint density at radius 2 is 1.72 bits per heavy atom. The largest absolute Gasteiger partial charge is 0.309 e. The second kappa shape index (κ2) is 9.12. The molecule has 5 aliphatic rings. The highest BCUT2D eigenvalue weighted by Gasteiger charge is 2.62. The van der Waals surface area contributed by atoms with E-state index in [0.29, 0.717) is 41.1 Å². The first-order chi connectivity index (χ1) is 17.2. The summed E-state index contributed by atoms with van der Waals surface area (Å²) in [6.07, 6.45) is 10.2. The molecule has 4 nitrogen and oxygen atoms in total. The average Bonchev–Trinajstić information content (AvgIpc) is 3.51. The molecule has 4 aliphatic carbocycles. The van der Waals surface area contributed by atoms with E-state index in [4.69, 9.17) is 28.2 Å². The van der Waals surface area contributed by atoms with Gasteiger partial charge in [-0.25, -0.2) is 0 Å². The zero-order chi connectivity index (χ0) is 25.2. The molecule has 1 aromatic carbocycles. The number of carbonyl (C=O) groups excluding carboxylic acids is 2. The maximum Gasteiger partial charge on any atom is 0.230 e. The van der Waals surface area contributed by atoms with Crippen LogP contribution < -0.4 is 4.90 Å². The minimum Gasteiger partial charge on any atom is -0.309 e. The zero-order valence-corrected chi connectivity index (χ0v) is 23.0. The fraction of sp³-hybridized carbons (Fsp3) is 0.700. The van der Waals surface area contributed by atoms with Crippen LogP contribution in [-0.2, 0) is 9.59 Å². The lowest BCUT2D eigenvalue weighted by Gasteiger charge is -2.57. The second-order valence-corrected chi connectivity index (χ2v) is 13.5. The normalized spacial score (nSPS) is 40.3. The highest BCUT2D eigenvalue weighted by atomic mass is 35.5. The fourth-order valence-electron chi connectivity index (χ4n) is 9.11. The third-order valence-electron chi connectivity index (χ3n) is 11.1. The summed E-state index contributed by atoms with van der Waals surface area (Å²) in [6, 6.07) is 8.16. The summed E-state index contributed by atoms with van der Waals surface area (Å²) in [5.41, 5.74) is 1.87. The van der Waals surface area contributed by atoms with Gasteiger partial charge in [0, 0.05) is 46.8 Å². The fourth-order valence-corrected chi connectivity index (χ4v) is 9.66. The summed E-state index contributed by atoms with van der Waals surface area (Å²) in [5, 5.41) is 0.161. The molecule has 0 radical (unpaired) electrons. The number of amides is 1. The predicted octanol–water partition coefficient (Wildman–Crippen LogP) is 7.11. The summed E-state index contributed by atoms with van der Waals surface area (Å²) in [7, 11) is 0. The van der Waals surface area contributed by atoms with Crippen molar-refractivity contribution in [2.45, 2.75) is 89.5 Å². The van der Waals surface area contributed by atoms with E-state index in [1.165, 1.54) is 12.8 Å². The van der Waals surface area contributed by atoms with Gasteiger partial charge in [0.25, 0.3) is 0 Å². The van der Waals surface area contributed by atoms with Gasteiger partial charge < -0.3 is 4.90 Å². The van der Waals surface area contributed by atoms with Crippen molar-refractivity contribution in [3.8, 4) is 0 Å². The van der Waals surface area contributed by atoms with Gasteiger partial charge in [-0.15, -0.1) is 11.6 Å². The van der Waals surface area contributed by atoms with Crippen molar-refractivity contribution in [1.29, 1.82) is 0 Å². The van der Waals surface area contributed by atoms with E-state index in [9.17, 15) is 9.59 Å². The maximum atomic E-state index is 14.4. The Morgan fingerprint density at radius 1 is 1.00 bits per heavy atom. The van der Waals surface area contributed by atoms with Gasteiger partial charge in [-0.3, -0.25) is 14.6 Å². The molecule has 0 bridgehead atoms. The molecule has 6 heteroatoms. The van der Waals surface area contributed by atoms with Crippen LogP contribution in [0, 0.1) is 34.5 Å². The molecule has 1 amide bonds. The second-order valence-electron chi connectivity index (χ2n) is 12.6. The van der Waals surface area contributed by atoms with Crippen LogP contribution in [0.3, 0.4) is 0 Å². The maximum absolute atomic E-state index is 14.4. The van der Waals surface area contributed by atoms with Crippen molar-refractivity contribution < 1.29 is 9.59 Å². The van der Waals surface area contributed by atoms with Gasteiger partial charge in [-0.1, -0.05) is 38.3 Å². The molecule has 36 heavy (non-hydrogen) atoms. The minimum absolute atomic E-state index is 0.00420. The summed E-state index contributed by atoms with van der Waals surface area (Å²) in [5.74, 6) is 1.98. The van der Waals surface area contributed by atoms with Gasteiger partial charge in [-0.2, -0.15) is 0 Å². The molecule has 194 valence electrons. The molecule has 1 heterocycles. The molecule has 1 aromatic rings. The number of carbonyl (C=O) groups is 2. The van der Waals surface area contributed by atoms with Gasteiger partial charge in [-0.05, 0) is 92.4 Å². The van der Waals surface area contributed by atoms with E-state index in [0.717, 1.165) is 62.9 Å². The molecule has 0 spiro atoms. The van der Waals surface area contributed by atoms with Gasteiger partial charge in [0.1, 0.15) is 5.38 Å². The number of fused-ring (bicyclic) bond motifs is 5. The Balaban J connectivity index is 1.29. The molecule has 4 saturated carbocycles. The molecule has 0 aromatic heterocycles. The topological polar surface area (TPSA) is 49.7 Å². The van der Waals surface area contributed by atoms with Crippen LogP contribution in [0.15, 0.2) is 29.3 Å². The third-order valence-corrected chi connectivity index (χ3v) is 11.8. The quantitative estimate of drug-likeness (QED) is 0.392. The van der Waals surface area contributed by atoms with E-state index in [1.807, 2.05) is 24.3 Å². The van der Waals surface area contributed by atoms with Crippen LogP contribution in [0.25, 0.3) is 0 Å². The summed E-state index contributed by atoms with van der Waals surface area (Å²) in [4.78, 5) is 33.9. The average molecular weight is 530 g/mol. The van der Waals surface area contributed by atoms with E-state index >= 15 is 0 Å². The molecule has 4 unspecified atom stereocenters. The Labute approximate surface area is 225 Å². The molecule has 0 saturated heterocycles. The molecule has 7 atom stereocenters. The lowest BCUT2D eigenvalue weighted by molar-refractivity contribution is -0.129. The predicted molar refractivity (Wildman–Crippen MR) is 146 cm³/mol. The number of nitrogens with zero attached hydrogens (tertiary/aromatic N) is 2. The first kappa shape index (κ1) is 24.9. The lowest BCUT2D eigenvalue weighted by Crippen LogP contribution is -2.58. The van der Waals surface area contributed by atoms with Gasteiger partial charge in [0.05, 0.1) is 0 Å². The number of alkyl halides is 1. The Bertz CT molecular complexity index is 1080. The summed E-state index contributed by atoms with van der Waals surface area (Å²) in [6.45, 7) is 5.47. The first-order valence-electron chi connectivity index (χ1n) is 14.0. The van der Waals surface area contributed by atoms with Crippen LogP contribution in [-0.4, -0.2) is 35.4 Å². The van der Waals surface area contributed by atoms with Crippen LogP contribution in [0.2, 0.25) is 5.02 Å². The first-order valence-corrected chi connectivity index (χ1v) is 14.9. The Kier molecular flexibility index (Phi) is 6.31. The highest BCUT2D eigenvalue weighted by Crippen LogP contribution is 2.64. The molecule has 0 N–H and O–H groups in total. The van der Waals surface area contributed by atoms with Crippen molar-refractivity contribution in [3.05, 3.63) is 29.3 Å². The number of ketones is 1. The number of rotatable bonds is 3. The lowest BCUT2D eigenvalue weighted by atomic mass is 9.49. The van der Waals surface area contributed by atoms with Crippen molar-refractivity contribution in [3.63, 3.8) is 0 Å². The van der Waals surface area contributed by atoms with E-state index in [-0.39, 0.29) is 22.5 Å². The van der Waals surface area contributed by atoms with Crippen molar-refractivity contribution in [1.82, 2.24) is 0 Å². The Morgan fingerprint density at radius 3 is 2.44 bits per heavy atom. The van der Waals surface area contributed by atoms with Crippen molar-refractivity contribution in [2.75, 3.05) is 11.4 Å². The van der Waals surface area contributed by atoms with Crippen molar-refractivity contribution in [2.24, 2.45) is 39.5 Å². The number of halogens is 2. The Hall–Kier alpha value is -1.39. The van der Waals surface area contributed by atoms with E-state index in [2.05, 4.69) is 18.7 Å². The molecular formula is C30H38Cl2N2O2. The zero-order valence-electron chi connectivity index (χ0n) is 21.5.